The highest BCUT2D eigenvalue weighted by atomic mass is 32.2. The fraction of sp³-hybridized carbons (Fsp3) is 0.500. The Kier molecular flexibility index (Phi) is 7.77. The number of hydrogen-bond donors (Lipinski definition) is 2. The number of ether oxygens (including phenoxy) is 1. The van der Waals surface area contributed by atoms with Gasteiger partial charge in [0.25, 0.3) is 0 Å². The first kappa shape index (κ1) is 20.1. The smallest absolute Gasteiger partial charge is 0.410 e. The molecule has 1 aliphatic heterocycles. The predicted octanol–water partition coefficient (Wildman–Crippen LogP) is 2.11. The first-order valence-electron chi connectivity index (χ1n) is 8.52. The molecule has 2 rings (SSSR count). The lowest BCUT2D eigenvalue weighted by atomic mass is 10.1. The molecule has 26 heavy (non-hydrogen) atoms. The van der Waals surface area contributed by atoms with Crippen molar-refractivity contribution in [2.24, 2.45) is 0 Å². The number of carbonyl (C=O) groups is 3. The maximum Gasteiger partial charge on any atom is 0.410 e. The van der Waals surface area contributed by atoms with E-state index in [1.54, 1.807) is 0 Å². The molecule has 0 spiro atoms. The molecule has 2 unspecified atom stereocenters. The molecule has 0 aliphatic carbocycles. The van der Waals surface area contributed by atoms with E-state index in [1.807, 2.05) is 36.6 Å². The van der Waals surface area contributed by atoms with E-state index in [4.69, 9.17) is 4.74 Å². The number of benzene rings is 1. The lowest BCUT2D eigenvalue weighted by Gasteiger charge is -2.25. The summed E-state index contributed by atoms with van der Waals surface area (Å²) in [5.74, 6) is -0.874. The average molecular weight is 380 g/mol. The Morgan fingerprint density at radius 1 is 1.35 bits per heavy atom. The largest absolute Gasteiger partial charge is 0.480 e. The van der Waals surface area contributed by atoms with Gasteiger partial charge in [0.05, 0.1) is 0 Å². The zero-order valence-corrected chi connectivity index (χ0v) is 15.5. The van der Waals surface area contributed by atoms with Crippen LogP contribution in [0, 0.1) is 0 Å². The van der Waals surface area contributed by atoms with E-state index in [0.29, 0.717) is 31.6 Å². The SMILES string of the molecule is CSCCC(NC(=O)C1CCCN1C(=O)OCc1ccccc1)C(=O)O. The normalized spacial score (nSPS) is 17.6. The van der Waals surface area contributed by atoms with Crippen LogP contribution in [0.5, 0.6) is 0 Å². The molecular formula is C18H24N2O5S. The van der Waals surface area contributed by atoms with Crippen LogP contribution in [0.1, 0.15) is 24.8 Å². The Morgan fingerprint density at radius 2 is 2.08 bits per heavy atom. The summed E-state index contributed by atoms with van der Waals surface area (Å²) in [4.78, 5) is 37.5. The van der Waals surface area contributed by atoms with Crippen molar-refractivity contribution in [3.05, 3.63) is 35.9 Å². The maximum atomic E-state index is 12.5. The molecule has 7 nitrogen and oxygen atoms in total. The summed E-state index contributed by atoms with van der Waals surface area (Å²) in [6.07, 6.45) is 2.85. The highest BCUT2D eigenvalue weighted by molar-refractivity contribution is 7.98. The molecule has 2 atom stereocenters. The zero-order chi connectivity index (χ0) is 18.9. The van der Waals surface area contributed by atoms with Crippen molar-refractivity contribution in [2.75, 3.05) is 18.6 Å². The van der Waals surface area contributed by atoms with Crippen molar-refractivity contribution in [1.82, 2.24) is 10.2 Å². The topological polar surface area (TPSA) is 95.9 Å². The van der Waals surface area contributed by atoms with Gasteiger partial charge < -0.3 is 15.2 Å². The Hall–Kier alpha value is -2.22. The monoisotopic (exact) mass is 380 g/mol. The summed E-state index contributed by atoms with van der Waals surface area (Å²) < 4.78 is 5.30. The van der Waals surface area contributed by atoms with Gasteiger partial charge in [0.1, 0.15) is 18.7 Å². The highest BCUT2D eigenvalue weighted by Gasteiger charge is 2.36. The fourth-order valence-corrected chi connectivity index (χ4v) is 3.29. The molecule has 1 saturated heterocycles. The van der Waals surface area contributed by atoms with Gasteiger partial charge in [-0.05, 0) is 36.8 Å². The quantitative estimate of drug-likeness (QED) is 0.717. The molecule has 1 aliphatic rings. The van der Waals surface area contributed by atoms with Crippen LogP contribution in [-0.2, 0) is 20.9 Å². The number of carbonyl (C=O) groups excluding carboxylic acids is 2. The van der Waals surface area contributed by atoms with E-state index in [-0.39, 0.29) is 6.61 Å². The lowest BCUT2D eigenvalue weighted by Crippen LogP contribution is -2.51. The number of hydrogen-bond acceptors (Lipinski definition) is 5. The third kappa shape index (κ3) is 5.66. The summed E-state index contributed by atoms with van der Waals surface area (Å²) in [6, 6.07) is 7.66. The van der Waals surface area contributed by atoms with Gasteiger partial charge in [-0.15, -0.1) is 0 Å². The Balaban J connectivity index is 1.91. The van der Waals surface area contributed by atoms with E-state index in [1.165, 1.54) is 16.7 Å². The second-order valence-electron chi connectivity index (χ2n) is 6.07. The third-order valence-electron chi connectivity index (χ3n) is 4.22. The van der Waals surface area contributed by atoms with Crippen LogP contribution in [0.25, 0.3) is 0 Å². The van der Waals surface area contributed by atoms with E-state index >= 15 is 0 Å². The van der Waals surface area contributed by atoms with Gasteiger partial charge in [-0.25, -0.2) is 9.59 Å². The molecule has 1 aromatic carbocycles. The van der Waals surface area contributed by atoms with Crippen LogP contribution >= 0.6 is 11.8 Å². The van der Waals surface area contributed by atoms with Gasteiger partial charge in [-0.1, -0.05) is 30.3 Å². The molecule has 1 fully saturated rings. The number of rotatable bonds is 8. The van der Waals surface area contributed by atoms with Crippen LogP contribution in [-0.4, -0.2) is 58.6 Å². The zero-order valence-electron chi connectivity index (χ0n) is 14.7. The Labute approximate surface area is 157 Å². The first-order valence-corrected chi connectivity index (χ1v) is 9.91. The number of carboxylic acids is 1. The molecule has 0 bridgehead atoms. The van der Waals surface area contributed by atoms with E-state index in [0.717, 1.165) is 5.56 Å². The second kappa shape index (κ2) is 10.1. The van der Waals surface area contributed by atoms with Crippen molar-refractivity contribution < 1.29 is 24.2 Å². The molecule has 2 amide bonds. The lowest BCUT2D eigenvalue weighted by molar-refractivity contribution is -0.142. The van der Waals surface area contributed by atoms with Crippen molar-refractivity contribution in [1.29, 1.82) is 0 Å². The number of nitrogens with one attached hydrogen (secondary N) is 1. The number of carboxylic acid groups (broad SMARTS) is 1. The maximum absolute atomic E-state index is 12.5. The van der Waals surface area contributed by atoms with Gasteiger partial charge in [-0.3, -0.25) is 9.69 Å². The third-order valence-corrected chi connectivity index (χ3v) is 4.86. The average Bonchev–Trinajstić information content (AvgIpc) is 3.13. The van der Waals surface area contributed by atoms with Crippen molar-refractivity contribution in [3.8, 4) is 0 Å². The van der Waals surface area contributed by atoms with E-state index < -0.39 is 30.1 Å². The van der Waals surface area contributed by atoms with Crippen molar-refractivity contribution in [3.63, 3.8) is 0 Å². The van der Waals surface area contributed by atoms with Gasteiger partial charge >= 0.3 is 12.1 Å². The van der Waals surface area contributed by atoms with Gasteiger partial charge in [0, 0.05) is 6.54 Å². The standard InChI is InChI=1S/C18H24N2O5S/c1-26-11-9-14(17(22)23)19-16(21)15-8-5-10-20(15)18(24)25-12-13-6-3-2-4-7-13/h2-4,6-7,14-15H,5,8-12H2,1H3,(H,19,21)(H,22,23). The minimum absolute atomic E-state index is 0.135. The van der Waals surface area contributed by atoms with Crippen LogP contribution in [0.2, 0.25) is 0 Å². The van der Waals surface area contributed by atoms with Gasteiger partial charge in [-0.2, -0.15) is 11.8 Å². The van der Waals surface area contributed by atoms with E-state index in [9.17, 15) is 19.5 Å². The molecule has 1 aromatic rings. The van der Waals surface area contributed by atoms with Gasteiger partial charge in [0.2, 0.25) is 5.91 Å². The minimum Gasteiger partial charge on any atom is -0.480 e. The Bertz CT molecular complexity index is 625. The number of nitrogens with zero attached hydrogens (tertiary/aromatic N) is 1. The van der Waals surface area contributed by atoms with E-state index in [2.05, 4.69) is 5.32 Å². The summed E-state index contributed by atoms with van der Waals surface area (Å²) in [7, 11) is 0. The number of amides is 2. The predicted molar refractivity (Wildman–Crippen MR) is 98.9 cm³/mol. The van der Waals surface area contributed by atoms with Crippen LogP contribution in [0.4, 0.5) is 4.79 Å². The highest BCUT2D eigenvalue weighted by Crippen LogP contribution is 2.19. The molecular weight excluding hydrogens is 356 g/mol. The second-order valence-corrected chi connectivity index (χ2v) is 7.06. The first-order chi connectivity index (χ1) is 12.5. The molecule has 142 valence electrons. The van der Waals surface area contributed by atoms with Crippen LogP contribution in [0.3, 0.4) is 0 Å². The number of likely N-dealkylation sites (tertiary alicyclic amines) is 1. The molecule has 0 aromatic heterocycles. The molecule has 8 heteroatoms. The molecule has 2 N–H and O–H groups in total. The molecule has 0 saturated carbocycles. The number of thioether (sulfide) groups is 1. The summed E-state index contributed by atoms with van der Waals surface area (Å²) in [6.45, 7) is 0.560. The summed E-state index contributed by atoms with van der Waals surface area (Å²) >= 11 is 1.52. The molecule has 1 heterocycles. The van der Waals surface area contributed by atoms with Crippen LogP contribution in [0.15, 0.2) is 30.3 Å². The van der Waals surface area contributed by atoms with Crippen molar-refractivity contribution in [2.45, 2.75) is 38.0 Å². The fourth-order valence-electron chi connectivity index (χ4n) is 2.82. The minimum atomic E-state index is -1.07. The molecule has 0 radical (unpaired) electrons. The van der Waals surface area contributed by atoms with Gasteiger partial charge in [0.15, 0.2) is 0 Å². The van der Waals surface area contributed by atoms with Crippen LogP contribution < -0.4 is 5.32 Å². The Morgan fingerprint density at radius 3 is 2.73 bits per heavy atom. The summed E-state index contributed by atoms with van der Waals surface area (Å²) in [5, 5.41) is 11.8. The van der Waals surface area contributed by atoms with Crippen molar-refractivity contribution >= 4 is 29.7 Å². The number of aliphatic carboxylic acids is 1. The summed E-state index contributed by atoms with van der Waals surface area (Å²) in [5.41, 5.74) is 0.865.